The van der Waals surface area contributed by atoms with Crippen LogP contribution in [0.3, 0.4) is 0 Å². The summed E-state index contributed by atoms with van der Waals surface area (Å²) in [5.74, 6) is 0.900. The van der Waals surface area contributed by atoms with Gasteiger partial charge in [-0.15, -0.1) is 0 Å². The Balaban J connectivity index is 2.88. The number of rotatable bonds is 5. The lowest BCUT2D eigenvalue weighted by molar-refractivity contribution is 0.487. The Morgan fingerprint density at radius 3 is 2.44 bits per heavy atom. The maximum Gasteiger partial charge on any atom is -0.00773 e. The minimum absolute atomic E-state index is 0.858. The van der Waals surface area contributed by atoms with E-state index >= 15 is 0 Å². The van der Waals surface area contributed by atoms with Crippen LogP contribution in [0.15, 0.2) is 0 Å². The Kier molecular flexibility index (Phi) is 6.06. The molecule has 1 atom stereocenters. The SMILES string of the molecule is CC[C@@H](C)CCCCN. The van der Waals surface area contributed by atoms with Crippen molar-refractivity contribution in [2.75, 3.05) is 6.54 Å². The Morgan fingerprint density at radius 1 is 1.33 bits per heavy atom. The zero-order chi connectivity index (χ0) is 7.11. The summed E-state index contributed by atoms with van der Waals surface area (Å²) >= 11 is 0. The molecule has 0 amide bonds. The summed E-state index contributed by atoms with van der Waals surface area (Å²) in [6.07, 6.45) is 5.17. The molecule has 1 nitrogen and oxygen atoms in total. The van der Waals surface area contributed by atoms with E-state index in [2.05, 4.69) is 13.8 Å². The van der Waals surface area contributed by atoms with Crippen molar-refractivity contribution in [3.8, 4) is 0 Å². The standard InChI is InChI=1S/C8H19N/c1-3-8(2)6-4-5-7-9/h8H,3-7,9H2,1-2H3/t8-/m1/s1. The highest BCUT2D eigenvalue weighted by atomic mass is 14.5. The average Bonchev–Trinajstić information content (AvgIpc) is 1.89. The molecule has 1 heteroatoms. The third-order valence-corrected chi connectivity index (χ3v) is 1.85. The summed E-state index contributed by atoms with van der Waals surface area (Å²) in [4.78, 5) is 0. The van der Waals surface area contributed by atoms with Gasteiger partial charge in [0.1, 0.15) is 0 Å². The smallest absolute Gasteiger partial charge is 0.00773 e. The van der Waals surface area contributed by atoms with Gasteiger partial charge >= 0.3 is 0 Å². The van der Waals surface area contributed by atoms with Crippen LogP contribution in [-0.4, -0.2) is 6.54 Å². The van der Waals surface area contributed by atoms with E-state index in [1.165, 1.54) is 25.7 Å². The molecule has 0 radical (unpaired) electrons. The van der Waals surface area contributed by atoms with Gasteiger partial charge in [0.05, 0.1) is 0 Å². The van der Waals surface area contributed by atoms with Crippen LogP contribution < -0.4 is 5.73 Å². The average molecular weight is 129 g/mol. The minimum atomic E-state index is 0.858. The van der Waals surface area contributed by atoms with Crippen molar-refractivity contribution < 1.29 is 0 Å². The highest BCUT2D eigenvalue weighted by molar-refractivity contribution is 4.50. The molecule has 0 aliphatic heterocycles. The molecular weight excluding hydrogens is 110 g/mol. The van der Waals surface area contributed by atoms with Crippen molar-refractivity contribution in [1.82, 2.24) is 0 Å². The number of hydrogen-bond donors (Lipinski definition) is 1. The lowest BCUT2D eigenvalue weighted by Crippen LogP contribution is -1.99. The van der Waals surface area contributed by atoms with Crippen molar-refractivity contribution in [1.29, 1.82) is 0 Å². The molecule has 9 heavy (non-hydrogen) atoms. The lowest BCUT2D eigenvalue weighted by atomic mass is 10.0. The molecule has 0 saturated carbocycles. The largest absolute Gasteiger partial charge is 0.330 e. The predicted octanol–water partition coefficient (Wildman–Crippen LogP) is 2.16. The Labute approximate surface area is 58.6 Å². The summed E-state index contributed by atoms with van der Waals surface area (Å²) in [5.41, 5.74) is 5.36. The molecule has 0 unspecified atom stereocenters. The molecule has 0 heterocycles. The van der Waals surface area contributed by atoms with Crippen LogP contribution >= 0.6 is 0 Å². The molecule has 0 fully saturated rings. The number of unbranched alkanes of at least 4 members (excludes halogenated alkanes) is 1. The van der Waals surface area contributed by atoms with Crippen LogP contribution in [-0.2, 0) is 0 Å². The molecule has 0 aliphatic carbocycles. The molecule has 0 rings (SSSR count). The molecule has 0 bridgehead atoms. The van der Waals surface area contributed by atoms with Gasteiger partial charge in [-0.25, -0.2) is 0 Å². The Bertz CT molecular complexity index is 52.5. The van der Waals surface area contributed by atoms with E-state index in [0.717, 1.165) is 12.5 Å². The molecule has 0 aliphatic rings. The van der Waals surface area contributed by atoms with E-state index < -0.39 is 0 Å². The Hall–Kier alpha value is -0.0400. The summed E-state index contributed by atoms with van der Waals surface area (Å²) < 4.78 is 0. The van der Waals surface area contributed by atoms with Gasteiger partial charge < -0.3 is 5.73 Å². The first-order chi connectivity index (χ1) is 4.31. The molecule has 0 saturated heterocycles. The summed E-state index contributed by atoms with van der Waals surface area (Å²) in [6, 6.07) is 0. The monoisotopic (exact) mass is 129 g/mol. The van der Waals surface area contributed by atoms with E-state index in [1.54, 1.807) is 0 Å². The van der Waals surface area contributed by atoms with Gasteiger partial charge in [-0.05, 0) is 18.9 Å². The first-order valence-corrected chi connectivity index (χ1v) is 4.01. The fourth-order valence-corrected chi connectivity index (χ4v) is 0.841. The quantitative estimate of drug-likeness (QED) is 0.566. The Morgan fingerprint density at radius 2 is 2.00 bits per heavy atom. The minimum Gasteiger partial charge on any atom is -0.330 e. The van der Waals surface area contributed by atoms with Gasteiger partial charge in [-0.1, -0.05) is 33.1 Å². The van der Waals surface area contributed by atoms with Crippen molar-refractivity contribution in [2.45, 2.75) is 39.5 Å². The first kappa shape index (κ1) is 8.96. The van der Waals surface area contributed by atoms with Crippen molar-refractivity contribution in [2.24, 2.45) is 11.7 Å². The van der Waals surface area contributed by atoms with Gasteiger partial charge in [0.2, 0.25) is 0 Å². The fraction of sp³-hybridized carbons (Fsp3) is 1.00. The van der Waals surface area contributed by atoms with Gasteiger partial charge in [-0.3, -0.25) is 0 Å². The normalized spacial score (nSPS) is 13.7. The highest BCUT2D eigenvalue weighted by Crippen LogP contribution is 2.09. The molecule has 0 aromatic heterocycles. The number of nitrogens with two attached hydrogens (primary N) is 1. The summed E-state index contributed by atoms with van der Waals surface area (Å²) in [6.45, 7) is 5.40. The third kappa shape index (κ3) is 5.84. The van der Waals surface area contributed by atoms with E-state index in [4.69, 9.17) is 5.73 Å². The molecule has 56 valence electrons. The second kappa shape index (κ2) is 6.09. The van der Waals surface area contributed by atoms with Crippen LogP contribution in [0.2, 0.25) is 0 Å². The van der Waals surface area contributed by atoms with Gasteiger partial charge in [-0.2, -0.15) is 0 Å². The van der Waals surface area contributed by atoms with Crippen LogP contribution in [0.25, 0.3) is 0 Å². The molecule has 0 aromatic rings. The second-order valence-corrected chi connectivity index (χ2v) is 2.80. The van der Waals surface area contributed by atoms with Gasteiger partial charge in [0, 0.05) is 0 Å². The third-order valence-electron chi connectivity index (χ3n) is 1.85. The molecule has 2 N–H and O–H groups in total. The van der Waals surface area contributed by atoms with Crippen molar-refractivity contribution in [3.05, 3.63) is 0 Å². The van der Waals surface area contributed by atoms with Crippen molar-refractivity contribution >= 4 is 0 Å². The van der Waals surface area contributed by atoms with Gasteiger partial charge in [0.25, 0.3) is 0 Å². The maximum absolute atomic E-state index is 5.36. The van der Waals surface area contributed by atoms with Crippen LogP contribution in [0.4, 0.5) is 0 Å². The van der Waals surface area contributed by atoms with Gasteiger partial charge in [0.15, 0.2) is 0 Å². The predicted molar refractivity (Wildman–Crippen MR) is 42.4 cm³/mol. The fourth-order valence-electron chi connectivity index (χ4n) is 0.841. The number of hydrogen-bond acceptors (Lipinski definition) is 1. The van der Waals surface area contributed by atoms with E-state index in [1.807, 2.05) is 0 Å². The summed E-state index contributed by atoms with van der Waals surface area (Å²) in [5, 5.41) is 0. The second-order valence-electron chi connectivity index (χ2n) is 2.80. The zero-order valence-corrected chi connectivity index (χ0v) is 6.69. The molecule has 0 aromatic carbocycles. The topological polar surface area (TPSA) is 26.0 Å². The molecular formula is C8H19N. The van der Waals surface area contributed by atoms with E-state index in [-0.39, 0.29) is 0 Å². The highest BCUT2D eigenvalue weighted by Gasteiger charge is 1.95. The maximum atomic E-state index is 5.36. The first-order valence-electron chi connectivity index (χ1n) is 4.01. The van der Waals surface area contributed by atoms with Crippen LogP contribution in [0, 0.1) is 5.92 Å². The van der Waals surface area contributed by atoms with E-state index in [0.29, 0.717) is 0 Å². The lowest BCUT2D eigenvalue weighted by Gasteiger charge is -2.05. The van der Waals surface area contributed by atoms with E-state index in [9.17, 15) is 0 Å². The summed E-state index contributed by atoms with van der Waals surface area (Å²) in [7, 11) is 0. The molecule has 0 spiro atoms. The van der Waals surface area contributed by atoms with Crippen LogP contribution in [0.1, 0.15) is 39.5 Å². The zero-order valence-electron chi connectivity index (χ0n) is 6.69. The van der Waals surface area contributed by atoms with Crippen molar-refractivity contribution in [3.63, 3.8) is 0 Å². The van der Waals surface area contributed by atoms with Crippen LogP contribution in [0.5, 0.6) is 0 Å².